The number of nitrogens with two attached hydrogens (primary N) is 1. The molecule has 9 heteroatoms. The summed E-state index contributed by atoms with van der Waals surface area (Å²) in [5.74, 6) is 0.803. The summed E-state index contributed by atoms with van der Waals surface area (Å²) < 4.78 is 13.6. The number of non-ortho nitro benzene ring substituents is 1. The van der Waals surface area contributed by atoms with Gasteiger partial charge in [0.2, 0.25) is 11.8 Å². The maximum atomic E-state index is 10.9. The molecule has 162 valence electrons. The summed E-state index contributed by atoms with van der Waals surface area (Å²) in [4.78, 5) is 10.5. The summed E-state index contributed by atoms with van der Waals surface area (Å²) >= 11 is 0. The smallest absolute Gasteiger partial charge is 0.269 e. The monoisotopic (exact) mass is 439 g/mol. The number of furan rings is 1. The third kappa shape index (κ3) is 3.30. The van der Waals surface area contributed by atoms with E-state index in [-0.39, 0.29) is 17.1 Å². The van der Waals surface area contributed by atoms with Crippen molar-refractivity contribution in [1.29, 1.82) is 5.26 Å². The third-order valence-electron chi connectivity index (χ3n) is 5.51. The number of aryl methyl sites for hydroxylation is 1. The van der Waals surface area contributed by atoms with Gasteiger partial charge in [-0.1, -0.05) is 18.2 Å². The van der Waals surface area contributed by atoms with Crippen molar-refractivity contribution >= 4 is 5.69 Å². The fraction of sp³-hybridized carbons (Fsp3) is 0.0833. The lowest BCUT2D eigenvalue weighted by Crippen LogP contribution is -2.21. The van der Waals surface area contributed by atoms with Crippen LogP contribution >= 0.6 is 0 Å². The van der Waals surface area contributed by atoms with Gasteiger partial charge < -0.3 is 14.9 Å². The van der Waals surface area contributed by atoms with Crippen LogP contribution < -0.4 is 10.5 Å². The Morgan fingerprint density at radius 3 is 2.52 bits per heavy atom. The summed E-state index contributed by atoms with van der Waals surface area (Å²) in [6.07, 6.45) is 0. The van der Waals surface area contributed by atoms with Crippen molar-refractivity contribution in [2.24, 2.45) is 5.73 Å². The summed E-state index contributed by atoms with van der Waals surface area (Å²) in [5, 5.41) is 25.4. The standard InChI is InChI=1S/C24H17N5O4/c1-14-21-22(20-12-11-19(32-20)15-7-9-17(10-8-15)29(30)31)18(13-25)23(26)33-24(21)28(27-14)16-5-3-2-4-6-16/h2-12,22H,26H2,1H3. The Labute approximate surface area is 188 Å². The van der Waals surface area contributed by atoms with Crippen LogP contribution in [0.15, 0.2) is 82.6 Å². The predicted octanol–water partition coefficient (Wildman–Crippen LogP) is 4.57. The molecule has 0 bridgehead atoms. The molecule has 5 rings (SSSR count). The lowest BCUT2D eigenvalue weighted by Gasteiger charge is -2.23. The normalized spacial score (nSPS) is 15.0. The average Bonchev–Trinajstić information content (AvgIpc) is 3.44. The van der Waals surface area contributed by atoms with Gasteiger partial charge in [0.05, 0.1) is 27.8 Å². The first-order chi connectivity index (χ1) is 16.0. The number of nitriles is 1. The van der Waals surface area contributed by atoms with Crippen LogP contribution in [0.25, 0.3) is 17.0 Å². The zero-order valence-corrected chi connectivity index (χ0v) is 17.4. The molecular formula is C24H17N5O4. The lowest BCUT2D eigenvalue weighted by atomic mass is 9.88. The van der Waals surface area contributed by atoms with Crippen LogP contribution in [0.3, 0.4) is 0 Å². The fourth-order valence-electron chi connectivity index (χ4n) is 3.95. The van der Waals surface area contributed by atoms with Crippen LogP contribution in [0, 0.1) is 28.4 Å². The highest BCUT2D eigenvalue weighted by Crippen LogP contribution is 2.45. The highest BCUT2D eigenvalue weighted by Gasteiger charge is 2.38. The van der Waals surface area contributed by atoms with Crippen molar-refractivity contribution in [2.75, 3.05) is 0 Å². The molecule has 3 heterocycles. The molecule has 2 aromatic carbocycles. The second-order valence-corrected chi connectivity index (χ2v) is 7.48. The Hall–Kier alpha value is -4.84. The van der Waals surface area contributed by atoms with E-state index in [1.165, 1.54) is 12.1 Å². The molecule has 0 saturated heterocycles. The highest BCUT2D eigenvalue weighted by molar-refractivity contribution is 5.61. The Kier molecular flexibility index (Phi) is 4.68. The minimum Gasteiger partial charge on any atom is -0.460 e. The van der Waals surface area contributed by atoms with Crippen molar-refractivity contribution in [1.82, 2.24) is 9.78 Å². The van der Waals surface area contributed by atoms with E-state index in [0.29, 0.717) is 34.2 Å². The maximum Gasteiger partial charge on any atom is 0.269 e. The molecule has 2 aromatic heterocycles. The zero-order chi connectivity index (χ0) is 23.1. The summed E-state index contributed by atoms with van der Waals surface area (Å²) in [5.41, 5.74) is 9.18. The van der Waals surface area contributed by atoms with Gasteiger partial charge in [-0.05, 0) is 43.3 Å². The maximum absolute atomic E-state index is 10.9. The molecule has 2 N–H and O–H groups in total. The van der Waals surface area contributed by atoms with Gasteiger partial charge in [0.25, 0.3) is 5.69 Å². The first kappa shape index (κ1) is 20.1. The van der Waals surface area contributed by atoms with Gasteiger partial charge in [0.15, 0.2) is 0 Å². The topological polar surface area (TPSA) is 133 Å². The highest BCUT2D eigenvalue weighted by atomic mass is 16.6. The SMILES string of the molecule is Cc1nn(-c2ccccc2)c2c1C(c1ccc(-c3ccc([N+](=O)[O-])cc3)o1)C(C#N)=C(N)O2. The van der Waals surface area contributed by atoms with Crippen molar-refractivity contribution in [2.45, 2.75) is 12.8 Å². The molecule has 33 heavy (non-hydrogen) atoms. The second-order valence-electron chi connectivity index (χ2n) is 7.48. The van der Waals surface area contributed by atoms with Crippen LogP contribution in [-0.4, -0.2) is 14.7 Å². The molecule has 1 unspecified atom stereocenters. The molecule has 0 aliphatic carbocycles. The van der Waals surface area contributed by atoms with Crippen molar-refractivity contribution in [3.05, 3.63) is 105 Å². The first-order valence-electron chi connectivity index (χ1n) is 10.0. The summed E-state index contributed by atoms with van der Waals surface area (Å²) in [7, 11) is 0. The van der Waals surface area contributed by atoms with Crippen LogP contribution in [0.5, 0.6) is 5.88 Å². The number of hydrogen-bond acceptors (Lipinski definition) is 7. The third-order valence-corrected chi connectivity index (χ3v) is 5.51. The molecule has 0 spiro atoms. The minimum absolute atomic E-state index is 0.00831. The van der Waals surface area contributed by atoms with Crippen molar-refractivity contribution < 1.29 is 14.1 Å². The number of ether oxygens (including phenoxy) is 1. The molecule has 0 amide bonds. The van der Waals surface area contributed by atoms with Gasteiger partial charge in [-0.2, -0.15) is 10.4 Å². The molecule has 9 nitrogen and oxygen atoms in total. The van der Waals surface area contributed by atoms with E-state index in [1.807, 2.05) is 37.3 Å². The van der Waals surface area contributed by atoms with E-state index in [0.717, 1.165) is 5.69 Å². The molecule has 0 radical (unpaired) electrons. The molecule has 0 saturated carbocycles. The number of nitro benzene ring substituents is 1. The van der Waals surface area contributed by atoms with Crippen LogP contribution in [-0.2, 0) is 0 Å². The van der Waals surface area contributed by atoms with E-state index in [1.54, 1.807) is 28.9 Å². The van der Waals surface area contributed by atoms with Crippen LogP contribution in [0.2, 0.25) is 0 Å². The van der Waals surface area contributed by atoms with E-state index in [9.17, 15) is 15.4 Å². The zero-order valence-electron chi connectivity index (χ0n) is 17.4. The van der Waals surface area contributed by atoms with Gasteiger partial charge in [-0.25, -0.2) is 4.68 Å². The molecule has 1 aliphatic rings. The van der Waals surface area contributed by atoms with E-state index >= 15 is 0 Å². The second kappa shape index (κ2) is 7.69. The van der Waals surface area contributed by atoms with Gasteiger partial charge in [-0.15, -0.1) is 0 Å². The van der Waals surface area contributed by atoms with E-state index in [2.05, 4.69) is 11.2 Å². The van der Waals surface area contributed by atoms with Gasteiger partial charge in [0.1, 0.15) is 23.2 Å². The fourth-order valence-corrected chi connectivity index (χ4v) is 3.95. The predicted molar refractivity (Wildman–Crippen MR) is 118 cm³/mol. The average molecular weight is 439 g/mol. The van der Waals surface area contributed by atoms with Gasteiger partial charge in [0, 0.05) is 17.7 Å². The largest absolute Gasteiger partial charge is 0.460 e. The number of benzene rings is 2. The quantitative estimate of drug-likeness (QED) is 0.364. The molecule has 0 fully saturated rings. The molecule has 1 atom stereocenters. The summed E-state index contributed by atoms with van der Waals surface area (Å²) in [6.45, 7) is 1.84. The number of hydrogen-bond donors (Lipinski definition) is 1. The number of aromatic nitrogens is 2. The Bertz CT molecular complexity index is 1440. The lowest BCUT2D eigenvalue weighted by molar-refractivity contribution is -0.384. The Morgan fingerprint density at radius 1 is 1.12 bits per heavy atom. The number of rotatable bonds is 4. The van der Waals surface area contributed by atoms with Gasteiger partial charge >= 0.3 is 0 Å². The molecule has 4 aromatic rings. The number of nitrogens with zero attached hydrogens (tertiary/aromatic N) is 4. The Balaban J connectivity index is 1.61. The van der Waals surface area contributed by atoms with E-state index in [4.69, 9.17) is 14.9 Å². The van der Waals surface area contributed by atoms with Crippen LogP contribution in [0.1, 0.15) is 22.9 Å². The van der Waals surface area contributed by atoms with Crippen molar-refractivity contribution in [3.8, 4) is 29.0 Å². The number of para-hydroxylation sites is 1. The van der Waals surface area contributed by atoms with E-state index < -0.39 is 10.8 Å². The van der Waals surface area contributed by atoms with Crippen molar-refractivity contribution in [3.63, 3.8) is 0 Å². The summed E-state index contributed by atoms with van der Waals surface area (Å²) in [6, 6.07) is 21.2. The molecule has 1 aliphatic heterocycles. The number of allylic oxidation sites excluding steroid dienone is 1. The molecular weight excluding hydrogens is 422 g/mol. The first-order valence-corrected chi connectivity index (χ1v) is 10.0. The minimum atomic E-state index is -0.608. The Morgan fingerprint density at radius 2 is 1.85 bits per heavy atom. The van der Waals surface area contributed by atoms with Crippen LogP contribution in [0.4, 0.5) is 5.69 Å². The van der Waals surface area contributed by atoms with Gasteiger partial charge in [-0.3, -0.25) is 10.1 Å². The number of fused-ring (bicyclic) bond motifs is 1. The number of nitro groups is 1.